The second kappa shape index (κ2) is 5.42. The molecule has 2 rings (SSSR count). The summed E-state index contributed by atoms with van der Waals surface area (Å²) in [5.74, 6) is -0.276. The van der Waals surface area contributed by atoms with Gasteiger partial charge in [0.15, 0.2) is 0 Å². The zero-order valence-corrected chi connectivity index (χ0v) is 11.3. The normalized spacial score (nSPS) is 10.3. The third-order valence-corrected chi connectivity index (χ3v) is 3.82. The smallest absolute Gasteiger partial charge is 0.310 e. The van der Waals surface area contributed by atoms with Gasteiger partial charge in [0.2, 0.25) is 0 Å². The lowest BCUT2D eigenvalue weighted by Crippen LogP contribution is -2.02. The van der Waals surface area contributed by atoms with E-state index in [4.69, 9.17) is 17.3 Å². The molecule has 0 bridgehead atoms. The minimum Gasteiger partial charge on any atom is -0.469 e. The first kappa shape index (κ1) is 12.9. The number of hydrogen-bond donors (Lipinski definition) is 1. The van der Waals surface area contributed by atoms with Crippen LogP contribution in [0.3, 0.4) is 0 Å². The number of rotatable bonds is 3. The van der Waals surface area contributed by atoms with Gasteiger partial charge in [-0.3, -0.25) is 4.79 Å². The van der Waals surface area contributed by atoms with Gasteiger partial charge in [-0.15, -0.1) is 11.3 Å². The minimum atomic E-state index is -0.276. The van der Waals surface area contributed by atoms with Gasteiger partial charge in [0.05, 0.1) is 18.5 Å². The second-order valence-corrected chi connectivity index (χ2v) is 5.30. The topological polar surface area (TPSA) is 52.3 Å². The standard InChI is InChI=1S/C13H12ClNO2S/c1-17-12(16)7-8-6-10(13(15)18-8)9-4-2-3-5-11(9)14/h2-6H,7,15H2,1H3. The van der Waals surface area contributed by atoms with Crippen LogP contribution in [0.25, 0.3) is 11.1 Å². The Kier molecular flexibility index (Phi) is 3.89. The number of methoxy groups -OCH3 is 1. The Labute approximate surface area is 114 Å². The molecule has 0 fully saturated rings. The number of esters is 1. The van der Waals surface area contributed by atoms with Gasteiger partial charge in [-0.2, -0.15) is 0 Å². The highest BCUT2D eigenvalue weighted by Gasteiger charge is 2.13. The van der Waals surface area contributed by atoms with E-state index in [9.17, 15) is 4.79 Å². The fraction of sp³-hybridized carbons (Fsp3) is 0.154. The largest absolute Gasteiger partial charge is 0.469 e. The number of nitrogen functional groups attached to an aromatic ring is 1. The molecule has 18 heavy (non-hydrogen) atoms. The highest BCUT2D eigenvalue weighted by Crippen LogP contribution is 2.37. The average Bonchev–Trinajstić information content (AvgIpc) is 2.70. The summed E-state index contributed by atoms with van der Waals surface area (Å²) in [5.41, 5.74) is 7.71. The number of halogens is 1. The van der Waals surface area contributed by atoms with Gasteiger partial charge in [-0.05, 0) is 12.1 Å². The van der Waals surface area contributed by atoms with Gasteiger partial charge in [0.1, 0.15) is 0 Å². The van der Waals surface area contributed by atoms with E-state index < -0.39 is 0 Å². The summed E-state index contributed by atoms with van der Waals surface area (Å²) >= 11 is 7.51. The van der Waals surface area contributed by atoms with E-state index in [0.29, 0.717) is 10.0 Å². The van der Waals surface area contributed by atoms with Crippen LogP contribution in [-0.2, 0) is 16.0 Å². The molecule has 0 saturated carbocycles. The Balaban J connectivity index is 2.35. The first-order valence-electron chi connectivity index (χ1n) is 5.31. The number of carbonyl (C=O) groups excluding carboxylic acids is 1. The van der Waals surface area contributed by atoms with E-state index in [1.165, 1.54) is 18.4 Å². The van der Waals surface area contributed by atoms with E-state index >= 15 is 0 Å². The molecule has 0 aliphatic carbocycles. The van der Waals surface area contributed by atoms with Crippen molar-refractivity contribution in [2.75, 3.05) is 12.8 Å². The van der Waals surface area contributed by atoms with Crippen LogP contribution in [0.2, 0.25) is 5.02 Å². The van der Waals surface area contributed by atoms with Gasteiger partial charge in [0, 0.05) is 21.0 Å². The van der Waals surface area contributed by atoms with Crippen LogP contribution in [-0.4, -0.2) is 13.1 Å². The maximum Gasteiger partial charge on any atom is 0.310 e. The summed E-state index contributed by atoms with van der Waals surface area (Å²) in [6, 6.07) is 9.37. The molecule has 1 heterocycles. The summed E-state index contributed by atoms with van der Waals surface area (Å²) in [5, 5.41) is 1.30. The van der Waals surface area contributed by atoms with Crippen LogP contribution < -0.4 is 5.73 Å². The quantitative estimate of drug-likeness (QED) is 0.878. The van der Waals surface area contributed by atoms with E-state index in [2.05, 4.69) is 4.74 Å². The molecule has 0 radical (unpaired) electrons. The SMILES string of the molecule is COC(=O)Cc1cc(-c2ccccc2Cl)c(N)s1. The second-order valence-electron chi connectivity index (χ2n) is 3.72. The van der Waals surface area contributed by atoms with E-state index in [0.717, 1.165) is 16.0 Å². The number of benzene rings is 1. The highest BCUT2D eigenvalue weighted by molar-refractivity contribution is 7.16. The maximum atomic E-state index is 11.2. The number of anilines is 1. The van der Waals surface area contributed by atoms with E-state index in [-0.39, 0.29) is 12.4 Å². The lowest BCUT2D eigenvalue weighted by atomic mass is 10.1. The molecule has 1 aromatic heterocycles. The Bertz CT molecular complexity index is 580. The lowest BCUT2D eigenvalue weighted by Gasteiger charge is -2.01. The monoisotopic (exact) mass is 281 g/mol. The summed E-state index contributed by atoms with van der Waals surface area (Å²) in [4.78, 5) is 12.1. The van der Waals surface area contributed by atoms with Gasteiger partial charge in [-0.1, -0.05) is 29.8 Å². The van der Waals surface area contributed by atoms with Crippen molar-refractivity contribution in [3.05, 3.63) is 40.2 Å². The van der Waals surface area contributed by atoms with Gasteiger partial charge in [-0.25, -0.2) is 0 Å². The third kappa shape index (κ3) is 2.66. The molecule has 0 unspecified atom stereocenters. The average molecular weight is 282 g/mol. The van der Waals surface area contributed by atoms with Crippen molar-refractivity contribution in [2.24, 2.45) is 0 Å². The first-order valence-corrected chi connectivity index (χ1v) is 6.51. The van der Waals surface area contributed by atoms with Crippen LogP contribution in [0.4, 0.5) is 5.00 Å². The number of hydrogen-bond acceptors (Lipinski definition) is 4. The van der Waals surface area contributed by atoms with Crippen molar-refractivity contribution < 1.29 is 9.53 Å². The minimum absolute atomic E-state index is 0.232. The molecular formula is C13H12ClNO2S. The molecule has 94 valence electrons. The van der Waals surface area contributed by atoms with Crippen molar-refractivity contribution in [3.8, 4) is 11.1 Å². The van der Waals surface area contributed by atoms with Crippen LogP contribution in [0.15, 0.2) is 30.3 Å². The molecule has 2 aromatic rings. The molecular weight excluding hydrogens is 270 g/mol. The van der Waals surface area contributed by atoms with Gasteiger partial charge < -0.3 is 10.5 Å². The fourth-order valence-electron chi connectivity index (χ4n) is 1.65. The van der Waals surface area contributed by atoms with Gasteiger partial charge in [0.25, 0.3) is 0 Å². The number of carbonyl (C=O) groups is 1. The lowest BCUT2D eigenvalue weighted by molar-refractivity contribution is -0.139. The Hall–Kier alpha value is -1.52. The first-order chi connectivity index (χ1) is 8.61. The molecule has 0 aliphatic rings. The number of ether oxygens (including phenoxy) is 1. The Morgan fingerprint density at radius 3 is 2.78 bits per heavy atom. The molecule has 0 aliphatic heterocycles. The summed E-state index contributed by atoms with van der Waals surface area (Å²) in [7, 11) is 1.37. The molecule has 0 spiro atoms. The number of nitrogens with two attached hydrogens (primary N) is 1. The van der Waals surface area contributed by atoms with Crippen molar-refractivity contribution in [1.29, 1.82) is 0 Å². The highest BCUT2D eigenvalue weighted by atomic mass is 35.5. The van der Waals surface area contributed by atoms with E-state index in [1.807, 2.05) is 30.3 Å². The molecule has 0 amide bonds. The zero-order valence-electron chi connectivity index (χ0n) is 9.77. The molecule has 2 N–H and O–H groups in total. The maximum absolute atomic E-state index is 11.2. The molecule has 0 saturated heterocycles. The summed E-state index contributed by atoms with van der Waals surface area (Å²) in [6.07, 6.45) is 0.232. The molecule has 3 nitrogen and oxygen atoms in total. The van der Waals surface area contributed by atoms with Crippen molar-refractivity contribution >= 4 is 33.9 Å². The molecule has 1 aromatic carbocycles. The summed E-state index contributed by atoms with van der Waals surface area (Å²) < 4.78 is 4.63. The molecule has 5 heteroatoms. The van der Waals surface area contributed by atoms with Crippen LogP contribution in [0.1, 0.15) is 4.88 Å². The third-order valence-electron chi connectivity index (χ3n) is 2.52. The Morgan fingerprint density at radius 2 is 2.11 bits per heavy atom. The van der Waals surface area contributed by atoms with Crippen molar-refractivity contribution in [1.82, 2.24) is 0 Å². The van der Waals surface area contributed by atoms with Crippen LogP contribution >= 0.6 is 22.9 Å². The number of thiophene rings is 1. The molecule has 0 atom stereocenters. The fourth-order valence-corrected chi connectivity index (χ4v) is 2.82. The van der Waals surface area contributed by atoms with E-state index in [1.54, 1.807) is 0 Å². The van der Waals surface area contributed by atoms with Crippen molar-refractivity contribution in [2.45, 2.75) is 6.42 Å². The zero-order chi connectivity index (χ0) is 13.1. The van der Waals surface area contributed by atoms with Crippen LogP contribution in [0.5, 0.6) is 0 Å². The van der Waals surface area contributed by atoms with Crippen LogP contribution in [0, 0.1) is 0 Å². The van der Waals surface area contributed by atoms with Gasteiger partial charge >= 0.3 is 5.97 Å². The predicted octanol–water partition coefficient (Wildman–Crippen LogP) is 3.37. The predicted molar refractivity (Wildman–Crippen MR) is 74.9 cm³/mol. The Morgan fingerprint density at radius 1 is 1.39 bits per heavy atom. The summed E-state index contributed by atoms with van der Waals surface area (Å²) in [6.45, 7) is 0. The van der Waals surface area contributed by atoms with Crippen molar-refractivity contribution in [3.63, 3.8) is 0 Å².